The van der Waals surface area contributed by atoms with Gasteiger partial charge in [-0.2, -0.15) is 0 Å². The smallest absolute Gasteiger partial charge is 0.0407 e. The van der Waals surface area contributed by atoms with Crippen molar-refractivity contribution in [2.75, 3.05) is 13.1 Å². The number of piperazine rings is 1. The Kier molecular flexibility index (Phi) is 1.74. The van der Waals surface area contributed by atoms with Crippen molar-refractivity contribution in [2.24, 2.45) is 0 Å². The van der Waals surface area contributed by atoms with Crippen molar-refractivity contribution in [1.82, 2.24) is 10.2 Å². The Balaban J connectivity index is 2.11. The summed E-state index contributed by atoms with van der Waals surface area (Å²) in [7, 11) is 0. The highest BCUT2D eigenvalue weighted by atomic mass is 15.3. The molecule has 2 unspecified atom stereocenters. The van der Waals surface area contributed by atoms with Gasteiger partial charge >= 0.3 is 0 Å². The molecule has 3 aliphatic rings. The van der Waals surface area contributed by atoms with Gasteiger partial charge in [0.05, 0.1) is 0 Å². The molecule has 1 fully saturated rings. The minimum Gasteiger partial charge on any atom is -0.307 e. The first-order valence-corrected chi connectivity index (χ1v) is 4.45. The van der Waals surface area contributed by atoms with Crippen LogP contribution >= 0.6 is 0 Å². The zero-order valence-electron chi connectivity index (χ0n) is 7.25. The van der Waals surface area contributed by atoms with Gasteiger partial charge < -0.3 is 5.32 Å². The summed E-state index contributed by atoms with van der Waals surface area (Å²) >= 11 is 0. The highest BCUT2D eigenvalue weighted by molar-refractivity contribution is 5.12. The van der Waals surface area contributed by atoms with Gasteiger partial charge in [-0.1, -0.05) is 12.2 Å². The van der Waals surface area contributed by atoms with E-state index in [2.05, 4.69) is 36.2 Å². The fourth-order valence-electron chi connectivity index (χ4n) is 1.98. The van der Waals surface area contributed by atoms with E-state index in [4.69, 9.17) is 0 Å². The van der Waals surface area contributed by atoms with Crippen LogP contribution in [-0.2, 0) is 0 Å². The summed E-state index contributed by atoms with van der Waals surface area (Å²) in [6.45, 7) is 6.88. The molecule has 1 saturated heterocycles. The van der Waals surface area contributed by atoms with Crippen LogP contribution in [0.1, 0.15) is 13.8 Å². The molecule has 0 saturated carbocycles. The Bertz CT molecular complexity index is 174. The van der Waals surface area contributed by atoms with Gasteiger partial charge in [-0.05, 0) is 13.8 Å². The lowest BCUT2D eigenvalue weighted by Crippen LogP contribution is -2.60. The molecule has 3 rings (SSSR count). The molecule has 0 aromatic carbocycles. The van der Waals surface area contributed by atoms with Gasteiger partial charge in [-0.3, -0.25) is 4.90 Å². The van der Waals surface area contributed by atoms with Crippen molar-refractivity contribution >= 4 is 0 Å². The highest BCUT2D eigenvalue weighted by Gasteiger charge is 2.30. The van der Waals surface area contributed by atoms with Gasteiger partial charge in [-0.25, -0.2) is 0 Å². The van der Waals surface area contributed by atoms with Crippen LogP contribution in [0, 0.1) is 0 Å². The van der Waals surface area contributed by atoms with Crippen LogP contribution in [0.2, 0.25) is 0 Å². The van der Waals surface area contributed by atoms with Crippen LogP contribution in [-0.4, -0.2) is 36.1 Å². The fraction of sp³-hybridized carbons (Fsp3) is 0.778. The molecule has 62 valence electrons. The van der Waals surface area contributed by atoms with Crippen molar-refractivity contribution in [1.29, 1.82) is 0 Å². The predicted octanol–water partition coefficient (Wildman–Crippen LogP) is 0.607. The van der Waals surface area contributed by atoms with Gasteiger partial charge in [-0.15, -0.1) is 0 Å². The molecule has 2 bridgehead atoms. The van der Waals surface area contributed by atoms with Crippen LogP contribution in [0.3, 0.4) is 0 Å². The molecule has 0 aromatic rings. The van der Waals surface area contributed by atoms with E-state index in [1.165, 1.54) is 6.54 Å². The number of hydrogen-bond donors (Lipinski definition) is 1. The summed E-state index contributed by atoms with van der Waals surface area (Å²) in [6.07, 6.45) is 4.64. The van der Waals surface area contributed by atoms with Crippen LogP contribution in [0.25, 0.3) is 0 Å². The minimum atomic E-state index is 0.613. The lowest BCUT2D eigenvalue weighted by molar-refractivity contribution is 0.123. The molecule has 2 nitrogen and oxygen atoms in total. The third-order valence-electron chi connectivity index (χ3n) is 2.65. The number of nitrogens with zero attached hydrogens (tertiary/aromatic N) is 1. The summed E-state index contributed by atoms with van der Waals surface area (Å²) in [5, 5.41) is 3.47. The first-order valence-electron chi connectivity index (χ1n) is 4.45. The zero-order valence-corrected chi connectivity index (χ0v) is 7.25. The Labute approximate surface area is 68.3 Å². The van der Waals surface area contributed by atoms with E-state index in [1.54, 1.807) is 0 Å². The van der Waals surface area contributed by atoms with Gasteiger partial charge in [0.25, 0.3) is 0 Å². The molecule has 3 heterocycles. The van der Waals surface area contributed by atoms with Gasteiger partial charge in [0.1, 0.15) is 0 Å². The van der Waals surface area contributed by atoms with Crippen molar-refractivity contribution in [3.05, 3.63) is 12.2 Å². The van der Waals surface area contributed by atoms with Crippen molar-refractivity contribution in [3.63, 3.8) is 0 Å². The molecule has 0 aliphatic carbocycles. The van der Waals surface area contributed by atoms with Gasteiger partial charge in [0, 0.05) is 31.2 Å². The third-order valence-corrected chi connectivity index (χ3v) is 2.65. The summed E-state index contributed by atoms with van der Waals surface area (Å²) in [5.74, 6) is 0. The Morgan fingerprint density at radius 3 is 2.55 bits per heavy atom. The Hall–Kier alpha value is -0.340. The maximum atomic E-state index is 3.47. The molecule has 2 atom stereocenters. The molecule has 0 spiro atoms. The van der Waals surface area contributed by atoms with Crippen LogP contribution in [0.5, 0.6) is 0 Å². The van der Waals surface area contributed by atoms with Gasteiger partial charge in [0.15, 0.2) is 0 Å². The minimum absolute atomic E-state index is 0.613. The van der Waals surface area contributed by atoms with Crippen LogP contribution in [0.15, 0.2) is 12.2 Å². The van der Waals surface area contributed by atoms with E-state index in [0.717, 1.165) is 6.54 Å². The average Bonchev–Trinajstić information content (AvgIpc) is 2.06. The lowest BCUT2D eigenvalue weighted by Gasteiger charge is -2.44. The molecule has 2 heteroatoms. The molecule has 11 heavy (non-hydrogen) atoms. The number of nitrogens with one attached hydrogen (secondary N) is 1. The second-order valence-electron chi connectivity index (χ2n) is 3.76. The molecular formula is C9H16N2. The summed E-state index contributed by atoms with van der Waals surface area (Å²) in [6, 6.07) is 1.96. The van der Waals surface area contributed by atoms with E-state index in [9.17, 15) is 0 Å². The van der Waals surface area contributed by atoms with E-state index in [1.807, 2.05) is 0 Å². The molecule has 0 radical (unpaired) electrons. The second kappa shape index (κ2) is 2.61. The monoisotopic (exact) mass is 152 g/mol. The SMILES string of the molecule is CC(C)N1CC2C=CC1CN2. The zero-order chi connectivity index (χ0) is 7.84. The molecule has 0 amide bonds. The summed E-state index contributed by atoms with van der Waals surface area (Å²) < 4.78 is 0. The maximum absolute atomic E-state index is 3.47. The third kappa shape index (κ3) is 1.21. The molecule has 0 aromatic heterocycles. The summed E-state index contributed by atoms with van der Waals surface area (Å²) in [5.41, 5.74) is 0. The first-order chi connectivity index (χ1) is 5.27. The Morgan fingerprint density at radius 2 is 2.27 bits per heavy atom. The largest absolute Gasteiger partial charge is 0.307 e. The molecule has 3 aliphatic heterocycles. The standard InChI is InChI=1S/C9H16N2/c1-7(2)11-6-8-3-4-9(11)5-10-8/h3-4,7-10H,5-6H2,1-2H3. The van der Waals surface area contributed by atoms with E-state index in [0.29, 0.717) is 18.1 Å². The number of hydrogen-bond acceptors (Lipinski definition) is 2. The highest BCUT2D eigenvalue weighted by Crippen LogP contribution is 2.17. The molecule has 1 N–H and O–H groups in total. The van der Waals surface area contributed by atoms with Crippen molar-refractivity contribution in [2.45, 2.75) is 32.0 Å². The fourth-order valence-corrected chi connectivity index (χ4v) is 1.98. The predicted molar refractivity (Wildman–Crippen MR) is 46.6 cm³/mol. The first kappa shape index (κ1) is 7.32. The Morgan fingerprint density at radius 1 is 1.45 bits per heavy atom. The van der Waals surface area contributed by atoms with Crippen molar-refractivity contribution in [3.8, 4) is 0 Å². The van der Waals surface area contributed by atoms with E-state index >= 15 is 0 Å². The maximum Gasteiger partial charge on any atom is 0.0407 e. The number of rotatable bonds is 1. The normalized spacial score (nSPS) is 37.0. The molecular weight excluding hydrogens is 136 g/mol. The van der Waals surface area contributed by atoms with E-state index in [-0.39, 0.29) is 0 Å². The van der Waals surface area contributed by atoms with Crippen LogP contribution in [0.4, 0.5) is 0 Å². The van der Waals surface area contributed by atoms with Crippen molar-refractivity contribution < 1.29 is 0 Å². The average molecular weight is 152 g/mol. The quantitative estimate of drug-likeness (QED) is 0.554. The lowest BCUT2D eigenvalue weighted by atomic mass is 9.99. The van der Waals surface area contributed by atoms with Crippen LogP contribution < -0.4 is 5.32 Å². The number of fused-ring (bicyclic) bond motifs is 2. The topological polar surface area (TPSA) is 15.3 Å². The summed E-state index contributed by atoms with van der Waals surface area (Å²) in [4.78, 5) is 2.56. The van der Waals surface area contributed by atoms with Gasteiger partial charge in [0.2, 0.25) is 0 Å². The van der Waals surface area contributed by atoms with E-state index < -0.39 is 0 Å². The second-order valence-corrected chi connectivity index (χ2v) is 3.76.